The third-order valence-corrected chi connectivity index (χ3v) is 7.29. The molecule has 0 bridgehead atoms. The Hall–Kier alpha value is -0.860. The van der Waals surface area contributed by atoms with Crippen molar-refractivity contribution in [1.29, 1.82) is 0 Å². The Morgan fingerprint density at radius 3 is 2.66 bits per heavy atom. The number of fused-ring (bicyclic) bond motifs is 1. The highest BCUT2D eigenvalue weighted by molar-refractivity contribution is 5.36. The summed E-state index contributed by atoms with van der Waals surface area (Å²) in [5.74, 6) is -2.73. The molecule has 4 atom stereocenters. The van der Waals surface area contributed by atoms with Crippen LogP contribution < -0.4 is 0 Å². The van der Waals surface area contributed by atoms with E-state index < -0.39 is 42.2 Å². The molecule has 164 valence electrons. The van der Waals surface area contributed by atoms with Crippen LogP contribution in [-0.2, 0) is 0 Å². The predicted octanol–water partition coefficient (Wildman–Crippen LogP) is 6.94. The SMILES string of the molecule is [2H]C1([2H])CC[C@@]2(C)[C@H](/C1=C/C=C1/CC(O)(O)CCC1=C)C([2H])([2H])C([2H])([2H])[C@@H]2[C@H](C)CCCC(C)C. The van der Waals surface area contributed by atoms with Gasteiger partial charge in [-0.3, -0.25) is 0 Å². The molecule has 0 unspecified atom stereocenters. The van der Waals surface area contributed by atoms with Crippen LogP contribution in [0.2, 0.25) is 0 Å². The van der Waals surface area contributed by atoms with Gasteiger partial charge in [-0.1, -0.05) is 76.8 Å². The van der Waals surface area contributed by atoms with Gasteiger partial charge in [-0.25, -0.2) is 0 Å². The highest BCUT2D eigenvalue weighted by atomic mass is 16.5. The van der Waals surface area contributed by atoms with E-state index in [1.807, 2.05) is 13.8 Å². The highest BCUT2D eigenvalue weighted by Gasteiger charge is 2.50. The van der Waals surface area contributed by atoms with Crippen molar-refractivity contribution in [2.45, 2.75) is 104 Å². The minimum Gasteiger partial charge on any atom is -0.365 e. The second-order valence-corrected chi connectivity index (χ2v) is 10.3. The van der Waals surface area contributed by atoms with Crippen LogP contribution in [0.4, 0.5) is 0 Å². The first kappa shape index (κ1) is 15.9. The quantitative estimate of drug-likeness (QED) is 0.469. The van der Waals surface area contributed by atoms with Gasteiger partial charge in [-0.15, -0.1) is 0 Å². The first-order valence-corrected chi connectivity index (χ1v) is 11.4. The standard InChI is InChI=1S/C27H44O2/c1-19(2)8-6-9-21(4)24-13-14-25-22(10-7-16-26(24,25)5)11-12-23-18-27(28,29)17-15-20(23)3/h11-12,19,21,24-25,28-29H,3,6-10,13-18H2,1-2,4-5H3/b22-11+,23-12-/t21-,24-,25+,26-/m1/s1/i10D2,13D2,14D2. The van der Waals surface area contributed by atoms with Crippen LogP contribution in [0.1, 0.15) is 106 Å². The van der Waals surface area contributed by atoms with E-state index in [1.54, 1.807) is 12.2 Å². The summed E-state index contributed by atoms with van der Waals surface area (Å²) >= 11 is 0. The molecule has 0 aromatic carbocycles. The molecule has 3 aliphatic carbocycles. The summed E-state index contributed by atoms with van der Waals surface area (Å²) in [4.78, 5) is 0. The van der Waals surface area contributed by atoms with Gasteiger partial charge in [0.2, 0.25) is 0 Å². The lowest BCUT2D eigenvalue weighted by atomic mass is 9.60. The van der Waals surface area contributed by atoms with Crippen molar-refractivity contribution in [3.63, 3.8) is 0 Å². The van der Waals surface area contributed by atoms with Crippen LogP contribution >= 0.6 is 0 Å². The fraction of sp³-hybridized carbons (Fsp3) is 0.778. The molecule has 0 spiro atoms. The van der Waals surface area contributed by atoms with Crippen molar-refractivity contribution in [2.24, 2.45) is 29.1 Å². The Bertz CT molecular complexity index is 888. The fourth-order valence-corrected chi connectivity index (χ4v) is 5.35. The van der Waals surface area contributed by atoms with Gasteiger partial charge >= 0.3 is 0 Å². The number of allylic oxidation sites excluding steroid dienone is 4. The molecule has 0 amide bonds. The largest absolute Gasteiger partial charge is 0.365 e. The summed E-state index contributed by atoms with van der Waals surface area (Å²) in [5, 5.41) is 20.2. The molecular weight excluding hydrogens is 356 g/mol. The minimum absolute atomic E-state index is 0.0101. The molecule has 0 aromatic heterocycles. The predicted molar refractivity (Wildman–Crippen MR) is 122 cm³/mol. The zero-order valence-electron chi connectivity index (χ0n) is 24.7. The van der Waals surface area contributed by atoms with E-state index in [2.05, 4.69) is 20.4 Å². The Morgan fingerprint density at radius 2 is 1.93 bits per heavy atom. The molecule has 29 heavy (non-hydrogen) atoms. The lowest BCUT2D eigenvalue weighted by Gasteiger charge is -2.44. The zero-order chi connectivity index (χ0) is 26.6. The minimum atomic E-state index is -2.24. The molecule has 3 fully saturated rings. The van der Waals surface area contributed by atoms with Gasteiger partial charge in [0.1, 0.15) is 0 Å². The van der Waals surface area contributed by atoms with Crippen LogP contribution in [0.15, 0.2) is 35.5 Å². The number of rotatable bonds is 6. The van der Waals surface area contributed by atoms with E-state index in [9.17, 15) is 10.2 Å². The van der Waals surface area contributed by atoms with Gasteiger partial charge in [-0.05, 0) is 73.0 Å². The Balaban J connectivity index is 2.05. The van der Waals surface area contributed by atoms with E-state index in [-0.39, 0.29) is 30.8 Å². The highest BCUT2D eigenvalue weighted by Crippen LogP contribution is 2.60. The molecule has 3 aliphatic rings. The molecule has 0 radical (unpaired) electrons. The van der Waals surface area contributed by atoms with Crippen molar-refractivity contribution in [2.75, 3.05) is 0 Å². The number of hydrogen-bond acceptors (Lipinski definition) is 2. The van der Waals surface area contributed by atoms with Gasteiger partial charge in [0.15, 0.2) is 5.79 Å². The van der Waals surface area contributed by atoms with Crippen LogP contribution in [0.5, 0.6) is 0 Å². The van der Waals surface area contributed by atoms with Gasteiger partial charge in [0, 0.05) is 21.1 Å². The molecule has 0 heterocycles. The van der Waals surface area contributed by atoms with Crippen molar-refractivity contribution in [3.05, 3.63) is 35.5 Å². The average Bonchev–Trinajstić information content (AvgIpc) is 2.82. The summed E-state index contributed by atoms with van der Waals surface area (Å²) in [6, 6.07) is 0. The molecule has 2 N–H and O–H groups in total. The Morgan fingerprint density at radius 1 is 1.17 bits per heavy atom. The van der Waals surface area contributed by atoms with Crippen molar-refractivity contribution in [3.8, 4) is 0 Å². The van der Waals surface area contributed by atoms with E-state index in [0.717, 1.165) is 24.8 Å². The first-order chi connectivity index (χ1) is 15.9. The summed E-state index contributed by atoms with van der Waals surface area (Å²) in [6.45, 7) is 12.4. The molecule has 0 aliphatic heterocycles. The molecule has 2 heteroatoms. The molecule has 0 aromatic rings. The van der Waals surface area contributed by atoms with E-state index in [1.165, 1.54) is 0 Å². The van der Waals surface area contributed by atoms with Crippen molar-refractivity contribution < 1.29 is 18.4 Å². The van der Waals surface area contributed by atoms with Crippen LogP contribution in [0.25, 0.3) is 0 Å². The summed E-state index contributed by atoms with van der Waals surface area (Å²) in [6.07, 6.45) is 1.25. The summed E-state index contributed by atoms with van der Waals surface area (Å²) in [7, 11) is 0. The molecule has 2 nitrogen and oxygen atoms in total. The molecule has 3 saturated carbocycles. The monoisotopic (exact) mass is 406 g/mol. The van der Waals surface area contributed by atoms with Gasteiger partial charge in [-0.2, -0.15) is 0 Å². The number of hydrogen-bond donors (Lipinski definition) is 2. The van der Waals surface area contributed by atoms with Crippen molar-refractivity contribution in [1.82, 2.24) is 0 Å². The maximum Gasteiger partial charge on any atom is 0.166 e. The maximum absolute atomic E-state index is 10.1. The van der Waals surface area contributed by atoms with Gasteiger partial charge in [0.25, 0.3) is 0 Å². The first-order valence-electron chi connectivity index (χ1n) is 14.4. The van der Waals surface area contributed by atoms with Crippen molar-refractivity contribution >= 4 is 0 Å². The molecule has 0 saturated heterocycles. The summed E-state index contributed by atoms with van der Waals surface area (Å²) in [5.41, 5.74) is 0.948. The fourth-order valence-electron chi connectivity index (χ4n) is 5.35. The second-order valence-electron chi connectivity index (χ2n) is 10.3. The third kappa shape index (κ3) is 5.25. The number of aliphatic hydroxyl groups is 2. The average molecular weight is 407 g/mol. The van der Waals surface area contributed by atoms with Gasteiger partial charge in [0.05, 0.1) is 0 Å². The van der Waals surface area contributed by atoms with Crippen LogP contribution in [0, 0.1) is 29.1 Å². The Labute approximate surface area is 187 Å². The lowest BCUT2D eigenvalue weighted by Crippen LogP contribution is -2.36. The molecule has 3 rings (SSSR count). The zero-order valence-corrected chi connectivity index (χ0v) is 18.7. The lowest BCUT2D eigenvalue weighted by molar-refractivity contribution is -0.166. The maximum atomic E-state index is 10.1. The van der Waals surface area contributed by atoms with E-state index in [4.69, 9.17) is 8.22 Å². The van der Waals surface area contributed by atoms with E-state index >= 15 is 0 Å². The van der Waals surface area contributed by atoms with E-state index in [0.29, 0.717) is 24.3 Å². The topological polar surface area (TPSA) is 40.5 Å². The smallest absolute Gasteiger partial charge is 0.166 e. The molecular formula is C27H44O2. The van der Waals surface area contributed by atoms with Crippen LogP contribution in [-0.4, -0.2) is 16.0 Å². The van der Waals surface area contributed by atoms with Crippen LogP contribution in [0.3, 0.4) is 0 Å². The Kier molecular flexibility index (Phi) is 4.98. The van der Waals surface area contributed by atoms with Gasteiger partial charge < -0.3 is 10.2 Å². The second kappa shape index (κ2) is 9.10. The normalized spacial score (nSPS) is 44.3. The summed E-state index contributed by atoms with van der Waals surface area (Å²) < 4.78 is 53.5. The third-order valence-electron chi connectivity index (χ3n) is 7.29.